The number of rotatable bonds is 6. The lowest BCUT2D eigenvalue weighted by Crippen LogP contribution is -2.50. The molecule has 0 fully saturated rings. The molecule has 2 aliphatic carbocycles. The van der Waals surface area contributed by atoms with Gasteiger partial charge in [0.1, 0.15) is 11.2 Å². The van der Waals surface area contributed by atoms with E-state index in [1.165, 1.54) is 0 Å². The fraction of sp³-hybridized carbons (Fsp3) is 0.222. The minimum atomic E-state index is -1.34. The monoisotopic (exact) mass is 398 g/mol. The molecular formula is C27H26O3. The summed E-state index contributed by atoms with van der Waals surface area (Å²) in [4.78, 5) is 13.7. The van der Waals surface area contributed by atoms with E-state index in [1.807, 2.05) is 60.7 Å². The number of aliphatic hydroxyl groups is 2. The molecule has 152 valence electrons. The molecule has 0 saturated carbocycles. The van der Waals surface area contributed by atoms with Crippen LogP contribution in [-0.4, -0.2) is 27.2 Å². The second-order valence-corrected chi connectivity index (χ2v) is 8.15. The fourth-order valence-corrected chi connectivity index (χ4v) is 4.39. The summed E-state index contributed by atoms with van der Waals surface area (Å²) in [5.41, 5.74) is -0.765. The van der Waals surface area contributed by atoms with E-state index in [0.29, 0.717) is 12.8 Å². The van der Waals surface area contributed by atoms with Gasteiger partial charge in [0.25, 0.3) is 0 Å². The first kappa shape index (κ1) is 20.3. The van der Waals surface area contributed by atoms with Crippen LogP contribution in [0.25, 0.3) is 0 Å². The van der Waals surface area contributed by atoms with Gasteiger partial charge < -0.3 is 10.2 Å². The molecule has 0 heterocycles. The Morgan fingerprint density at radius 1 is 0.667 bits per heavy atom. The highest BCUT2D eigenvalue weighted by Gasteiger charge is 2.47. The van der Waals surface area contributed by atoms with Crippen molar-refractivity contribution in [3.05, 3.63) is 120 Å². The molecule has 0 spiro atoms. The molecule has 0 radical (unpaired) electrons. The molecule has 0 saturated heterocycles. The Kier molecular flexibility index (Phi) is 5.67. The summed E-state index contributed by atoms with van der Waals surface area (Å²) in [5.74, 6) is -1.68. The Morgan fingerprint density at radius 2 is 1.07 bits per heavy atom. The van der Waals surface area contributed by atoms with Gasteiger partial charge in [0.15, 0.2) is 5.78 Å². The van der Waals surface area contributed by atoms with Crippen molar-refractivity contribution in [1.29, 1.82) is 0 Å². The lowest BCUT2D eigenvalue weighted by molar-refractivity contribution is -0.135. The number of allylic oxidation sites excluding steroid dienone is 4. The molecule has 2 aliphatic rings. The van der Waals surface area contributed by atoms with Crippen LogP contribution in [0.3, 0.4) is 0 Å². The third-order valence-electron chi connectivity index (χ3n) is 5.95. The van der Waals surface area contributed by atoms with Gasteiger partial charge >= 0.3 is 0 Å². The van der Waals surface area contributed by atoms with E-state index < -0.39 is 23.0 Å². The molecule has 0 amide bonds. The predicted molar refractivity (Wildman–Crippen MR) is 119 cm³/mol. The van der Waals surface area contributed by atoms with Gasteiger partial charge in [0, 0.05) is 12.8 Å². The number of ketones is 1. The van der Waals surface area contributed by atoms with E-state index in [1.54, 1.807) is 48.6 Å². The van der Waals surface area contributed by atoms with Crippen molar-refractivity contribution in [2.24, 2.45) is 11.8 Å². The topological polar surface area (TPSA) is 57.5 Å². The van der Waals surface area contributed by atoms with E-state index in [9.17, 15) is 15.0 Å². The minimum absolute atomic E-state index is 0.187. The summed E-state index contributed by atoms with van der Waals surface area (Å²) in [6.45, 7) is 0. The lowest BCUT2D eigenvalue weighted by Gasteiger charge is -2.39. The molecule has 2 aromatic rings. The van der Waals surface area contributed by atoms with Crippen molar-refractivity contribution in [3.8, 4) is 0 Å². The van der Waals surface area contributed by atoms with Crippen molar-refractivity contribution in [1.82, 2.24) is 0 Å². The van der Waals surface area contributed by atoms with Crippen LogP contribution in [0.15, 0.2) is 109 Å². The Hall–Kier alpha value is -3.01. The highest BCUT2D eigenvalue weighted by atomic mass is 16.3. The highest BCUT2D eigenvalue weighted by molar-refractivity contribution is 5.90. The minimum Gasteiger partial charge on any atom is -0.384 e. The van der Waals surface area contributed by atoms with E-state index in [0.717, 1.165) is 11.1 Å². The van der Waals surface area contributed by atoms with Crippen LogP contribution in [0, 0.1) is 11.8 Å². The quantitative estimate of drug-likeness (QED) is 0.774. The smallest absolute Gasteiger partial charge is 0.153 e. The van der Waals surface area contributed by atoms with Gasteiger partial charge in [0.2, 0.25) is 0 Å². The molecule has 4 atom stereocenters. The van der Waals surface area contributed by atoms with E-state index in [4.69, 9.17) is 0 Å². The van der Waals surface area contributed by atoms with Crippen LogP contribution in [0.4, 0.5) is 0 Å². The third-order valence-corrected chi connectivity index (χ3v) is 5.95. The number of Topliss-reactive ketones (excluding diaryl/α,β-unsaturated/α-hetero) is 1. The van der Waals surface area contributed by atoms with Gasteiger partial charge in [-0.1, -0.05) is 109 Å². The SMILES string of the molecule is O=C(C1C=CC=CC1(O)Cc1ccccc1)C1C=CC=CC1(O)Cc1ccccc1. The number of carbonyl (C=O) groups is 1. The van der Waals surface area contributed by atoms with Crippen LogP contribution in [0.2, 0.25) is 0 Å². The van der Waals surface area contributed by atoms with E-state index in [2.05, 4.69) is 0 Å². The van der Waals surface area contributed by atoms with Gasteiger partial charge in [-0.25, -0.2) is 0 Å². The average molecular weight is 399 g/mol. The molecule has 0 bridgehead atoms. The van der Waals surface area contributed by atoms with Crippen molar-refractivity contribution in [2.75, 3.05) is 0 Å². The lowest BCUT2D eigenvalue weighted by atomic mass is 9.68. The Morgan fingerprint density at radius 3 is 1.47 bits per heavy atom. The first-order chi connectivity index (χ1) is 14.5. The molecule has 4 unspecified atom stereocenters. The van der Waals surface area contributed by atoms with Crippen LogP contribution >= 0.6 is 0 Å². The number of carbonyl (C=O) groups excluding carboxylic acids is 1. The van der Waals surface area contributed by atoms with Crippen LogP contribution in [0.1, 0.15) is 11.1 Å². The van der Waals surface area contributed by atoms with Gasteiger partial charge in [-0.2, -0.15) is 0 Å². The molecular weight excluding hydrogens is 372 g/mol. The van der Waals surface area contributed by atoms with Crippen LogP contribution in [0.5, 0.6) is 0 Å². The summed E-state index contributed by atoms with van der Waals surface area (Å²) >= 11 is 0. The zero-order chi connectivity index (χ0) is 21.0. The van der Waals surface area contributed by atoms with Crippen molar-refractivity contribution >= 4 is 5.78 Å². The summed E-state index contributed by atoms with van der Waals surface area (Å²) in [5, 5.41) is 22.9. The molecule has 2 aromatic carbocycles. The molecule has 3 heteroatoms. The number of hydrogen-bond acceptors (Lipinski definition) is 3. The number of benzene rings is 2. The molecule has 4 rings (SSSR count). The Bertz CT molecular complexity index is 921. The van der Waals surface area contributed by atoms with Crippen molar-refractivity contribution < 1.29 is 15.0 Å². The molecule has 30 heavy (non-hydrogen) atoms. The van der Waals surface area contributed by atoms with E-state index in [-0.39, 0.29) is 5.78 Å². The second kappa shape index (κ2) is 8.39. The zero-order valence-corrected chi connectivity index (χ0v) is 16.8. The van der Waals surface area contributed by atoms with Crippen molar-refractivity contribution in [3.63, 3.8) is 0 Å². The molecule has 0 aromatic heterocycles. The fourth-order valence-electron chi connectivity index (χ4n) is 4.39. The maximum absolute atomic E-state index is 13.7. The first-order valence-corrected chi connectivity index (χ1v) is 10.3. The number of hydrogen-bond donors (Lipinski definition) is 2. The van der Waals surface area contributed by atoms with Gasteiger partial charge in [-0.3, -0.25) is 4.79 Å². The molecule has 3 nitrogen and oxygen atoms in total. The highest BCUT2D eigenvalue weighted by Crippen LogP contribution is 2.37. The summed E-state index contributed by atoms with van der Waals surface area (Å²) < 4.78 is 0. The third kappa shape index (κ3) is 4.13. The van der Waals surface area contributed by atoms with Gasteiger partial charge in [-0.05, 0) is 11.1 Å². The van der Waals surface area contributed by atoms with Crippen LogP contribution < -0.4 is 0 Å². The standard InChI is InChI=1S/C27H26O3/c28-25(23-15-7-9-17-26(23,29)19-21-11-3-1-4-12-21)24-16-8-10-18-27(24,30)20-22-13-5-2-6-14-22/h1-18,23-24,29-30H,19-20H2. The summed E-state index contributed by atoms with van der Waals surface area (Å²) in [6, 6.07) is 19.3. The molecule has 2 N–H and O–H groups in total. The van der Waals surface area contributed by atoms with Crippen molar-refractivity contribution in [2.45, 2.75) is 24.0 Å². The maximum atomic E-state index is 13.7. The van der Waals surface area contributed by atoms with E-state index >= 15 is 0 Å². The van der Waals surface area contributed by atoms with Gasteiger partial charge in [-0.15, -0.1) is 0 Å². The summed E-state index contributed by atoms with van der Waals surface area (Å²) in [6.07, 6.45) is 14.7. The summed E-state index contributed by atoms with van der Waals surface area (Å²) in [7, 11) is 0. The van der Waals surface area contributed by atoms with Crippen LogP contribution in [-0.2, 0) is 17.6 Å². The zero-order valence-electron chi connectivity index (χ0n) is 16.8. The predicted octanol–water partition coefficient (Wildman–Crippen LogP) is 3.99. The Labute approximate surface area is 177 Å². The molecule has 0 aliphatic heterocycles. The van der Waals surface area contributed by atoms with Gasteiger partial charge in [0.05, 0.1) is 11.8 Å². The largest absolute Gasteiger partial charge is 0.384 e. The normalized spacial score (nSPS) is 29.8. The first-order valence-electron chi connectivity index (χ1n) is 10.3. The maximum Gasteiger partial charge on any atom is 0.153 e. The average Bonchev–Trinajstić information content (AvgIpc) is 2.75. The Balaban J connectivity index is 1.62. The second-order valence-electron chi connectivity index (χ2n) is 8.15.